The molecular formula is C16H30N2O. The summed E-state index contributed by atoms with van der Waals surface area (Å²) >= 11 is 0. The van der Waals surface area contributed by atoms with Crippen LogP contribution >= 0.6 is 0 Å². The Kier molecular flexibility index (Phi) is 3.97. The Hall–Kier alpha value is -0.570. The Balaban J connectivity index is 1.80. The molecule has 110 valence electrons. The van der Waals surface area contributed by atoms with Crippen LogP contribution in [-0.2, 0) is 4.79 Å². The van der Waals surface area contributed by atoms with Crippen LogP contribution in [0.2, 0.25) is 0 Å². The molecule has 1 amide bonds. The van der Waals surface area contributed by atoms with E-state index in [1.165, 1.54) is 32.5 Å². The minimum absolute atomic E-state index is 0.228. The molecule has 3 heteroatoms. The summed E-state index contributed by atoms with van der Waals surface area (Å²) in [5.41, 5.74) is 0.303. The summed E-state index contributed by atoms with van der Waals surface area (Å²) < 4.78 is 0. The number of hydrogen-bond donors (Lipinski definition) is 0. The summed E-state index contributed by atoms with van der Waals surface area (Å²) in [6, 6.07) is 0. The molecule has 2 saturated heterocycles. The zero-order valence-corrected chi connectivity index (χ0v) is 13.3. The van der Waals surface area contributed by atoms with E-state index in [0.717, 1.165) is 19.0 Å². The number of hydrogen-bond acceptors (Lipinski definition) is 2. The van der Waals surface area contributed by atoms with Gasteiger partial charge in [0.1, 0.15) is 0 Å². The van der Waals surface area contributed by atoms with Crippen LogP contribution in [0, 0.1) is 16.7 Å². The van der Waals surface area contributed by atoms with E-state index in [2.05, 4.69) is 23.6 Å². The number of carbonyl (C=O) groups is 1. The van der Waals surface area contributed by atoms with Crippen LogP contribution in [0.5, 0.6) is 0 Å². The van der Waals surface area contributed by atoms with Gasteiger partial charge in [-0.3, -0.25) is 4.79 Å². The third kappa shape index (κ3) is 3.31. The van der Waals surface area contributed by atoms with E-state index >= 15 is 0 Å². The quantitative estimate of drug-likeness (QED) is 0.767. The van der Waals surface area contributed by atoms with Crippen molar-refractivity contribution in [3.63, 3.8) is 0 Å². The molecule has 2 aliphatic heterocycles. The highest BCUT2D eigenvalue weighted by molar-refractivity contribution is 5.81. The van der Waals surface area contributed by atoms with Crippen molar-refractivity contribution in [3.8, 4) is 0 Å². The average Bonchev–Trinajstić information content (AvgIpc) is 2.25. The Morgan fingerprint density at radius 1 is 1.16 bits per heavy atom. The maximum absolute atomic E-state index is 12.3. The van der Waals surface area contributed by atoms with E-state index in [-0.39, 0.29) is 5.41 Å². The first-order valence-electron chi connectivity index (χ1n) is 7.74. The number of piperidine rings is 1. The lowest BCUT2D eigenvalue weighted by Gasteiger charge is -2.55. The highest BCUT2D eigenvalue weighted by atomic mass is 16.2. The van der Waals surface area contributed by atoms with Crippen LogP contribution in [0.3, 0.4) is 0 Å². The Labute approximate surface area is 118 Å². The predicted molar refractivity (Wildman–Crippen MR) is 79.0 cm³/mol. The number of carbonyl (C=O) groups excluding carboxylic acids is 1. The normalized spacial score (nSPS) is 23.8. The number of rotatable bonds is 2. The maximum atomic E-state index is 12.3. The third-order valence-corrected chi connectivity index (χ3v) is 4.49. The molecule has 0 N–H and O–H groups in total. The summed E-state index contributed by atoms with van der Waals surface area (Å²) in [7, 11) is 0. The van der Waals surface area contributed by atoms with Gasteiger partial charge in [0.05, 0.1) is 0 Å². The largest absolute Gasteiger partial charge is 0.342 e. The molecule has 0 atom stereocenters. The lowest BCUT2D eigenvalue weighted by Crippen LogP contribution is -2.61. The van der Waals surface area contributed by atoms with E-state index in [4.69, 9.17) is 0 Å². The van der Waals surface area contributed by atoms with Crippen molar-refractivity contribution < 1.29 is 4.79 Å². The summed E-state index contributed by atoms with van der Waals surface area (Å²) in [4.78, 5) is 16.9. The van der Waals surface area contributed by atoms with Crippen molar-refractivity contribution in [2.45, 2.75) is 47.5 Å². The van der Waals surface area contributed by atoms with Crippen molar-refractivity contribution in [1.82, 2.24) is 9.80 Å². The van der Waals surface area contributed by atoms with Crippen molar-refractivity contribution in [3.05, 3.63) is 0 Å². The first kappa shape index (κ1) is 14.8. The number of likely N-dealkylation sites (tertiary alicyclic amines) is 2. The van der Waals surface area contributed by atoms with Gasteiger partial charge in [0.15, 0.2) is 0 Å². The van der Waals surface area contributed by atoms with Gasteiger partial charge in [0.25, 0.3) is 0 Å². The van der Waals surface area contributed by atoms with Gasteiger partial charge in [-0.2, -0.15) is 0 Å². The van der Waals surface area contributed by atoms with Crippen molar-refractivity contribution >= 4 is 5.91 Å². The molecule has 0 bridgehead atoms. The standard InChI is InChI=1S/C16H30N2O/c1-13(2)10-17-11-16(12-17)6-8-18(9-7-16)14(19)15(3,4)5/h13H,6-12H2,1-5H3. The molecule has 2 aliphatic rings. The molecule has 0 aromatic rings. The van der Waals surface area contributed by atoms with Crippen molar-refractivity contribution in [2.24, 2.45) is 16.7 Å². The highest BCUT2D eigenvalue weighted by Gasteiger charge is 2.45. The molecule has 2 rings (SSSR count). The molecule has 0 aromatic heterocycles. The average molecular weight is 266 g/mol. The summed E-state index contributed by atoms with van der Waals surface area (Å²) in [5.74, 6) is 1.08. The fourth-order valence-electron chi connectivity index (χ4n) is 3.52. The van der Waals surface area contributed by atoms with Crippen LogP contribution in [0.25, 0.3) is 0 Å². The minimum atomic E-state index is -0.228. The van der Waals surface area contributed by atoms with Crippen LogP contribution < -0.4 is 0 Å². The second-order valence-electron chi connectivity index (χ2n) is 8.11. The Bertz CT molecular complexity index is 327. The van der Waals surface area contributed by atoms with E-state index in [0.29, 0.717) is 11.3 Å². The van der Waals surface area contributed by atoms with Crippen LogP contribution in [0.15, 0.2) is 0 Å². The summed E-state index contributed by atoms with van der Waals surface area (Å²) in [5, 5.41) is 0. The van der Waals surface area contributed by atoms with E-state index in [1.54, 1.807) is 0 Å². The van der Waals surface area contributed by atoms with Crippen LogP contribution in [-0.4, -0.2) is 48.4 Å². The molecule has 0 aromatic carbocycles. The molecule has 0 aliphatic carbocycles. The second-order valence-corrected chi connectivity index (χ2v) is 8.11. The highest BCUT2D eigenvalue weighted by Crippen LogP contribution is 2.41. The van der Waals surface area contributed by atoms with E-state index in [1.807, 2.05) is 20.8 Å². The molecule has 3 nitrogen and oxygen atoms in total. The maximum Gasteiger partial charge on any atom is 0.227 e. The van der Waals surface area contributed by atoms with Crippen LogP contribution in [0.4, 0.5) is 0 Å². The van der Waals surface area contributed by atoms with E-state index < -0.39 is 0 Å². The number of amides is 1. The molecule has 2 heterocycles. The van der Waals surface area contributed by atoms with Gasteiger partial charge in [-0.15, -0.1) is 0 Å². The minimum Gasteiger partial charge on any atom is -0.342 e. The van der Waals surface area contributed by atoms with Gasteiger partial charge >= 0.3 is 0 Å². The fraction of sp³-hybridized carbons (Fsp3) is 0.938. The zero-order valence-electron chi connectivity index (χ0n) is 13.3. The lowest BCUT2D eigenvalue weighted by atomic mass is 9.71. The first-order valence-corrected chi connectivity index (χ1v) is 7.74. The van der Waals surface area contributed by atoms with Gasteiger partial charge in [-0.05, 0) is 24.2 Å². The molecule has 0 radical (unpaired) electrons. The summed E-state index contributed by atoms with van der Waals surface area (Å²) in [6.45, 7) is 16.3. The predicted octanol–water partition coefficient (Wildman–Crippen LogP) is 2.61. The lowest BCUT2D eigenvalue weighted by molar-refractivity contribution is -0.144. The molecule has 1 spiro atoms. The first-order chi connectivity index (χ1) is 8.72. The third-order valence-electron chi connectivity index (χ3n) is 4.49. The fourth-order valence-corrected chi connectivity index (χ4v) is 3.52. The summed E-state index contributed by atoms with van der Waals surface area (Å²) in [6.07, 6.45) is 2.40. The molecular weight excluding hydrogens is 236 g/mol. The van der Waals surface area contributed by atoms with Crippen molar-refractivity contribution in [1.29, 1.82) is 0 Å². The topological polar surface area (TPSA) is 23.6 Å². The zero-order chi connectivity index (χ0) is 14.3. The van der Waals surface area contributed by atoms with Gasteiger partial charge in [0, 0.05) is 38.1 Å². The van der Waals surface area contributed by atoms with Crippen molar-refractivity contribution in [2.75, 3.05) is 32.7 Å². The Morgan fingerprint density at radius 2 is 1.68 bits per heavy atom. The van der Waals surface area contributed by atoms with Gasteiger partial charge < -0.3 is 9.80 Å². The van der Waals surface area contributed by atoms with E-state index in [9.17, 15) is 4.79 Å². The monoisotopic (exact) mass is 266 g/mol. The second kappa shape index (κ2) is 5.08. The van der Waals surface area contributed by atoms with Gasteiger partial charge in [-0.25, -0.2) is 0 Å². The molecule has 19 heavy (non-hydrogen) atoms. The van der Waals surface area contributed by atoms with Gasteiger partial charge in [0.2, 0.25) is 5.91 Å². The smallest absolute Gasteiger partial charge is 0.227 e. The SMILES string of the molecule is CC(C)CN1CC2(CCN(C(=O)C(C)(C)C)CC2)C1. The Morgan fingerprint density at radius 3 is 2.11 bits per heavy atom. The number of nitrogens with zero attached hydrogens (tertiary/aromatic N) is 2. The molecule has 0 unspecified atom stereocenters. The molecule has 2 fully saturated rings. The van der Waals surface area contributed by atoms with Crippen LogP contribution in [0.1, 0.15) is 47.5 Å². The van der Waals surface area contributed by atoms with Gasteiger partial charge in [-0.1, -0.05) is 34.6 Å². The molecule has 0 saturated carbocycles.